The third kappa shape index (κ3) is 2.91. The molecule has 2 atom stereocenters. The van der Waals surface area contributed by atoms with Crippen molar-refractivity contribution in [2.24, 2.45) is 5.92 Å². The molecule has 1 aromatic rings. The number of allylic oxidation sites excluding steroid dienone is 3. The normalized spacial score (nSPS) is 25.7. The molecule has 2 aliphatic rings. The van der Waals surface area contributed by atoms with Gasteiger partial charge >= 0.3 is 6.18 Å². The molecular weight excluding hydrogens is 281 g/mol. The highest BCUT2D eigenvalue weighted by molar-refractivity contribution is 5.30. The molecule has 0 aliphatic carbocycles. The van der Waals surface area contributed by atoms with Crippen LogP contribution in [0.25, 0.3) is 0 Å². The lowest BCUT2D eigenvalue weighted by atomic mass is 9.81. The van der Waals surface area contributed by atoms with Gasteiger partial charge in [0.1, 0.15) is 12.0 Å². The molecule has 21 heavy (non-hydrogen) atoms. The van der Waals surface area contributed by atoms with Gasteiger partial charge in [0.25, 0.3) is 0 Å². The molecule has 0 amide bonds. The maximum Gasteiger partial charge on any atom is 0.449 e. The third-order valence-corrected chi connectivity index (χ3v) is 3.82. The standard InChI is InChI=1S/C16H15F3O2/c17-16(18,19)15-9-13(11-5-2-1-3-6-11)12-7-4-8-20-14(12)10-21-15/h1-3,5-6,9-10,12-13H,4,7-8H2. The molecule has 3 rings (SSSR count). The first kappa shape index (κ1) is 14.0. The van der Waals surface area contributed by atoms with Gasteiger partial charge in [0.05, 0.1) is 6.61 Å². The van der Waals surface area contributed by atoms with E-state index < -0.39 is 17.9 Å². The minimum Gasteiger partial charge on any atom is -0.494 e. The van der Waals surface area contributed by atoms with E-state index in [4.69, 9.17) is 9.47 Å². The molecule has 0 spiro atoms. The largest absolute Gasteiger partial charge is 0.494 e. The highest BCUT2D eigenvalue weighted by Crippen LogP contribution is 2.43. The van der Waals surface area contributed by atoms with E-state index in [0.29, 0.717) is 12.4 Å². The summed E-state index contributed by atoms with van der Waals surface area (Å²) in [6, 6.07) is 9.18. The molecule has 1 fully saturated rings. The molecule has 2 unspecified atom stereocenters. The zero-order chi connectivity index (χ0) is 14.9. The number of benzene rings is 1. The van der Waals surface area contributed by atoms with Crippen LogP contribution in [-0.4, -0.2) is 12.8 Å². The van der Waals surface area contributed by atoms with Gasteiger partial charge in [-0.1, -0.05) is 30.3 Å². The van der Waals surface area contributed by atoms with Gasteiger partial charge < -0.3 is 9.47 Å². The van der Waals surface area contributed by atoms with Crippen molar-refractivity contribution in [2.75, 3.05) is 6.61 Å². The predicted octanol–water partition coefficient (Wildman–Crippen LogP) is 4.51. The second kappa shape index (κ2) is 5.47. The Kier molecular flexibility index (Phi) is 3.66. The topological polar surface area (TPSA) is 18.5 Å². The monoisotopic (exact) mass is 296 g/mol. The number of hydrogen-bond donors (Lipinski definition) is 0. The van der Waals surface area contributed by atoms with Gasteiger partial charge in [0.15, 0.2) is 0 Å². The SMILES string of the molecule is FC(F)(F)C1=CC(c2ccccc2)C2CCCOC2=CO1. The van der Waals surface area contributed by atoms with Gasteiger partial charge in [-0.15, -0.1) is 0 Å². The Morgan fingerprint density at radius 2 is 1.86 bits per heavy atom. The van der Waals surface area contributed by atoms with Crippen LogP contribution in [0, 0.1) is 5.92 Å². The highest BCUT2D eigenvalue weighted by atomic mass is 19.4. The molecular formula is C16H15F3O2. The first-order valence-corrected chi connectivity index (χ1v) is 6.89. The highest BCUT2D eigenvalue weighted by Gasteiger charge is 2.40. The molecule has 0 N–H and O–H groups in total. The van der Waals surface area contributed by atoms with Crippen molar-refractivity contribution < 1.29 is 22.6 Å². The van der Waals surface area contributed by atoms with Crippen LogP contribution < -0.4 is 0 Å². The zero-order valence-corrected chi connectivity index (χ0v) is 11.3. The molecule has 0 bridgehead atoms. The predicted molar refractivity (Wildman–Crippen MR) is 71.2 cm³/mol. The van der Waals surface area contributed by atoms with E-state index in [0.717, 1.165) is 24.7 Å². The molecule has 2 heterocycles. The van der Waals surface area contributed by atoms with E-state index in [2.05, 4.69) is 0 Å². The molecule has 2 nitrogen and oxygen atoms in total. The maximum atomic E-state index is 13.0. The quantitative estimate of drug-likeness (QED) is 0.759. The number of alkyl halides is 3. The van der Waals surface area contributed by atoms with Crippen LogP contribution in [-0.2, 0) is 9.47 Å². The summed E-state index contributed by atoms with van der Waals surface area (Å²) in [5, 5.41) is 0. The second-order valence-electron chi connectivity index (χ2n) is 5.20. The van der Waals surface area contributed by atoms with Crippen LogP contribution in [0.5, 0.6) is 0 Å². The molecule has 0 saturated carbocycles. The Hall–Kier alpha value is -1.91. The maximum absolute atomic E-state index is 13.0. The van der Waals surface area contributed by atoms with Crippen LogP contribution >= 0.6 is 0 Å². The first-order valence-electron chi connectivity index (χ1n) is 6.89. The summed E-state index contributed by atoms with van der Waals surface area (Å²) in [4.78, 5) is 0. The number of hydrogen-bond acceptors (Lipinski definition) is 2. The molecule has 5 heteroatoms. The summed E-state index contributed by atoms with van der Waals surface area (Å²) in [7, 11) is 0. The summed E-state index contributed by atoms with van der Waals surface area (Å²) >= 11 is 0. The molecule has 0 aromatic heterocycles. The molecule has 2 aliphatic heterocycles. The van der Waals surface area contributed by atoms with Gasteiger partial charge in [-0.3, -0.25) is 0 Å². The van der Waals surface area contributed by atoms with Crippen LogP contribution in [0.1, 0.15) is 24.3 Å². The lowest BCUT2D eigenvalue weighted by Gasteiger charge is -2.29. The Labute approximate surface area is 120 Å². The van der Waals surface area contributed by atoms with Gasteiger partial charge in [0, 0.05) is 11.8 Å². The van der Waals surface area contributed by atoms with E-state index in [9.17, 15) is 13.2 Å². The van der Waals surface area contributed by atoms with Crippen LogP contribution in [0.15, 0.2) is 54.2 Å². The lowest BCUT2D eigenvalue weighted by Crippen LogP contribution is -2.21. The molecule has 1 saturated heterocycles. The fourth-order valence-electron chi connectivity index (χ4n) is 2.83. The van der Waals surface area contributed by atoms with Gasteiger partial charge in [-0.2, -0.15) is 13.2 Å². The molecule has 112 valence electrons. The minimum absolute atomic E-state index is 0.110. The van der Waals surface area contributed by atoms with Crippen molar-refractivity contribution >= 4 is 0 Å². The van der Waals surface area contributed by atoms with Crippen molar-refractivity contribution in [3.05, 3.63) is 59.8 Å². The van der Waals surface area contributed by atoms with Gasteiger partial charge in [-0.25, -0.2) is 0 Å². The molecule has 1 aromatic carbocycles. The summed E-state index contributed by atoms with van der Waals surface area (Å²) < 4.78 is 49.4. The zero-order valence-electron chi connectivity index (χ0n) is 11.3. The Bertz CT molecular complexity index is 561. The Morgan fingerprint density at radius 3 is 2.57 bits per heavy atom. The van der Waals surface area contributed by atoms with Crippen molar-refractivity contribution in [3.63, 3.8) is 0 Å². The third-order valence-electron chi connectivity index (χ3n) is 3.82. The van der Waals surface area contributed by atoms with E-state index >= 15 is 0 Å². The van der Waals surface area contributed by atoms with Crippen LogP contribution in [0.3, 0.4) is 0 Å². The summed E-state index contributed by atoms with van der Waals surface area (Å²) in [6.07, 6.45) is -0.585. The molecule has 0 radical (unpaired) electrons. The number of ether oxygens (including phenoxy) is 2. The number of fused-ring (bicyclic) bond motifs is 1. The number of halogens is 3. The first-order chi connectivity index (χ1) is 10.1. The van der Waals surface area contributed by atoms with Gasteiger partial charge in [-0.05, 0) is 24.5 Å². The second-order valence-corrected chi connectivity index (χ2v) is 5.20. The Morgan fingerprint density at radius 1 is 1.10 bits per heavy atom. The van der Waals surface area contributed by atoms with Crippen molar-refractivity contribution in [3.8, 4) is 0 Å². The van der Waals surface area contributed by atoms with Crippen molar-refractivity contribution in [1.82, 2.24) is 0 Å². The van der Waals surface area contributed by atoms with Crippen LogP contribution in [0.4, 0.5) is 13.2 Å². The minimum atomic E-state index is -4.50. The van der Waals surface area contributed by atoms with Crippen LogP contribution in [0.2, 0.25) is 0 Å². The summed E-state index contributed by atoms with van der Waals surface area (Å²) in [5.41, 5.74) is 0.839. The summed E-state index contributed by atoms with van der Waals surface area (Å²) in [6.45, 7) is 0.522. The lowest BCUT2D eigenvalue weighted by molar-refractivity contribution is -0.122. The van der Waals surface area contributed by atoms with Crippen molar-refractivity contribution in [1.29, 1.82) is 0 Å². The van der Waals surface area contributed by atoms with Gasteiger partial charge in [0.2, 0.25) is 5.76 Å². The van der Waals surface area contributed by atoms with E-state index in [1.54, 1.807) is 0 Å². The average Bonchev–Trinajstić information content (AvgIpc) is 2.67. The Balaban J connectivity index is 2.04. The van der Waals surface area contributed by atoms with Crippen molar-refractivity contribution in [2.45, 2.75) is 24.9 Å². The van der Waals surface area contributed by atoms with E-state index in [-0.39, 0.29) is 5.92 Å². The average molecular weight is 296 g/mol. The fourth-order valence-corrected chi connectivity index (χ4v) is 2.83. The summed E-state index contributed by atoms with van der Waals surface area (Å²) in [5.74, 6) is -0.967. The number of rotatable bonds is 1. The fraction of sp³-hybridized carbons (Fsp3) is 0.375. The van der Waals surface area contributed by atoms with E-state index in [1.165, 1.54) is 6.08 Å². The smallest absolute Gasteiger partial charge is 0.449 e. The van der Waals surface area contributed by atoms with E-state index in [1.807, 2.05) is 30.3 Å².